The largest absolute Gasteiger partial charge is 0.507 e. The number of ether oxygens (including phenoxy) is 1. The van der Waals surface area contributed by atoms with Crippen molar-refractivity contribution in [2.45, 2.75) is 26.3 Å². The summed E-state index contributed by atoms with van der Waals surface area (Å²) in [7, 11) is 0. The fourth-order valence-corrected chi connectivity index (χ4v) is 3.87. The Morgan fingerprint density at radius 3 is 2.51 bits per heavy atom. The SMILES string of the molecule is C.O=C(COc1ccc(-c2oc3cc(O)c(C(=O)O)cc3c2C#Cc2cccc(Cl)c2)cc1)NC1CC1. The Balaban J connectivity index is 0.00000320. The van der Waals surface area contributed by atoms with Crippen LogP contribution in [0.2, 0.25) is 5.02 Å². The van der Waals surface area contributed by atoms with E-state index in [-0.39, 0.29) is 31.5 Å². The van der Waals surface area contributed by atoms with Gasteiger partial charge in [-0.05, 0) is 61.4 Å². The highest BCUT2D eigenvalue weighted by Crippen LogP contribution is 2.37. The Morgan fingerprint density at radius 1 is 1.08 bits per heavy atom. The quantitative estimate of drug-likeness (QED) is 0.277. The third kappa shape index (κ3) is 5.88. The van der Waals surface area contributed by atoms with E-state index >= 15 is 0 Å². The van der Waals surface area contributed by atoms with Crippen LogP contribution in [0.3, 0.4) is 0 Å². The van der Waals surface area contributed by atoms with Crippen molar-refractivity contribution in [3.8, 4) is 34.7 Å². The van der Waals surface area contributed by atoms with Gasteiger partial charge < -0.3 is 24.7 Å². The van der Waals surface area contributed by atoms with Crippen molar-refractivity contribution in [3.63, 3.8) is 0 Å². The Bertz CT molecular complexity index is 1540. The lowest BCUT2D eigenvalue weighted by atomic mass is 10.0. The number of furan rings is 1. The molecular formula is C29H24ClNO6. The summed E-state index contributed by atoms with van der Waals surface area (Å²) in [6.07, 6.45) is 2.01. The number of carboxylic acid groups (broad SMARTS) is 1. The highest BCUT2D eigenvalue weighted by atomic mass is 35.5. The molecule has 0 spiro atoms. The summed E-state index contributed by atoms with van der Waals surface area (Å²) in [6.45, 7) is -0.0753. The van der Waals surface area contributed by atoms with Crippen molar-refractivity contribution in [1.29, 1.82) is 0 Å². The number of amides is 1. The minimum absolute atomic E-state index is 0. The molecule has 1 aliphatic rings. The summed E-state index contributed by atoms with van der Waals surface area (Å²) >= 11 is 6.07. The number of phenols is 1. The molecular weight excluding hydrogens is 494 g/mol. The van der Waals surface area contributed by atoms with Gasteiger partial charge in [-0.25, -0.2) is 4.79 Å². The first-order valence-electron chi connectivity index (χ1n) is 11.2. The second-order valence-electron chi connectivity index (χ2n) is 8.39. The predicted octanol–water partition coefficient (Wildman–Crippen LogP) is 5.85. The fourth-order valence-electron chi connectivity index (χ4n) is 3.68. The Labute approximate surface area is 218 Å². The van der Waals surface area contributed by atoms with Gasteiger partial charge in [0.05, 0.1) is 5.56 Å². The maximum atomic E-state index is 11.9. The highest BCUT2D eigenvalue weighted by Gasteiger charge is 2.23. The average Bonchev–Trinajstić information content (AvgIpc) is 3.60. The van der Waals surface area contributed by atoms with E-state index < -0.39 is 11.7 Å². The number of carboxylic acids is 1. The van der Waals surface area contributed by atoms with Gasteiger partial charge in [0.1, 0.15) is 22.6 Å². The third-order valence-corrected chi connectivity index (χ3v) is 5.86. The monoisotopic (exact) mass is 517 g/mol. The number of aromatic hydroxyl groups is 1. The normalized spacial score (nSPS) is 12.2. The number of carbonyl (C=O) groups excluding carboxylic acids is 1. The first kappa shape index (κ1) is 25.7. The molecule has 0 unspecified atom stereocenters. The molecule has 0 aliphatic heterocycles. The van der Waals surface area contributed by atoms with Gasteiger partial charge in [0.15, 0.2) is 12.4 Å². The van der Waals surface area contributed by atoms with E-state index in [0.717, 1.165) is 12.8 Å². The minimum Gasteiger partial charge on any atom is -0.507 e. The van der Waals surface area contributed by atoms with Crippen molar-refractivity contribution in [2.24, 2.45) is 0 Å². The summed E-state index contributed by atoms with van der Waals surface area (Å²) in [5, 5.41) is 23.5. The van der Waals surface area contributed by atoms with Crippen molar-refractivity contribution in [1.82, 2.24) is 5.32 Å². The van der Waals surface area contributed by atoms with Gasteiger partial charge in [0.25, 0.3) is 5.91 Å². The Kier molecular flexibility index (Phi) is 7.42. The van der Waals surface area contributed by atoms with Gasteiger partial charge in [-0.2, -0.15) is 0 Å². The zero-order valence-corrected chi connectivity index (χ0v) is 19.6. The molecule has 1 amide bonds. The number of carbonyl (C=O) groups is 2. The Morgan fingerprint density at radius 2 is 1.84 bits per heavy atom. The van der Waals surface area contributed by atoms with Crippen LogP contribution in [0.5, 0.6) is 11.5 Å². The second kappa shape index (κ2) is 10.7. The summed E-state index contributed by atoms with van der Waals surface area (Å²) in [4.78, 5) is 23.5. The first-order valence-corrected chi connectivity index (χ1v) is 11.6. The molecule has 0 saturated heterocycles. The van der Waals surface area contributed by atoms with Crippen LogP contribution in [0.4, 0.5) is 0 Å². The maximum absolute atomic E-state index is 11.9. The van der Waals surface area contributed by atoms with Crippen LogP contribution < -0.4 is 10.1 Å². The molecule has 0 bridgehead atoms. The van der Waals surface area contributed by atoms with Crippen LogP contribution in [0.25, 0.3) is 22.3 Å². The van der Waals surface area contributed by atoms with Gasteiger partial charge in [-0.1, -0.05) is 36.9 Å². The molecule has 1 heterocycles. The first-order chi connectivity index (χ1) is 17.4. The van der Waals surface area contributed by atoms with E-state index in [4.69, 9.17) is 20.8 Å². The fraction of sp³-hybridized carbons (Fsp3) is 0.172. The van der Waals surface area contributed by atoms with Crippen LogP contribution in [-0.2, 0) is 4.79 Å². The number of nitrogens with one attached hydrogen (secondary N) is 1. The zero-order chi connectivity index (χ0) is 25.2. The second-order valence-corrected chi connectivity index (χ2v) is 8.83. The van der Waals surface area contributed by atoms with E-state index in [2.05, 4.69) is 17.2 Å². The molecule has 5 rings (SSSR count). The van der Waals surface area contributed by atoms with Crippen LogP contribution >= 0.6 is 11.6 Å². The third-order valence-electron chi connectivity index (χ3n) is 5.62. The molecule has 3 aromatic carbocycles. The number of benzene rings is 3. The number of hydrogen-bond acceptors (Lipinski definition) is 5. The van der Waals surface area contributed by atoms with Crippen LogP contribution in [-0.4, -0.2) is 34.7 Å². The lowest BCUT2D eigenvalue weighted by Gasteiger charge is -2.07. The van der Waals surface area contributed by atoms with Gasteiger partial charge in [0, 0.05) is 33.6 Å². The number of aromatic carboxylic acids is 1. The van der Waals surface area contributed by atoms with Crippen molar-refractivity contribution >= 4 is 34.4 Å². The molecule has 0 atom stereocenters. The molecule has 1 aliphatic carbocycles. The number of rotatable bonds is 6. The van der Waals surface area contributed by atoms with E-state index in [1.54, 1.807) is 48.5 Å². The molecule has 8 heteroatoms. The number of hydrogen-bond donors (Lipinski definition) is 3. The lowest BCUT2D eigenvalue weighted by Crippen LogP contribution is -2.30. The molecule has 7 nitrogen and oxygen atoms in total. The van der Waals surface area contributed by atoms with Gasteiger partial charge in [-0.15, -0.1) is 0 Å². The Hall–Kier alpha value is -4.41. The summed E-state index contributed by atoms with van der Waals surface area (Å²) in [6, 6.07) is 16.9. The molecule has 1 fully saturated rings. The topological polar surface area (TPSA) is 109 Å². The maximum Gasteiger partial charge on any atom is 0.339 e. The molecule has 4 aromatic rings. The molecule has 3 N–H and O–H groups in total. The van der Waals surface area contributed by atoms with Gasteiger partial charge >= 0.3 is 5.97 Å². The standard InChI is InChI=1S/C28H20ClNO6.CH4/c29-18-3-1-2-16(12-18)4-11-21-22-13-23(28(33)34)24(31)14-25(22)36-27(21)17-5-9-20(10-6-17)35-15-26(32)30-19-7-8-19;/h1-3,5-6,9-10,12-14,19,31H,7-8,15H2,(H,30,32)(H,33,34);1H4. The van der Waals surface area contributed by atoms with Crippen molar-refractivity contribution < 1.29 is 29.0 Å². The van der Waals surface area contributed by atoms with Crippen LogP contribution in [0, 0.1) is 11.8 Å². The minimum atomic E-state index is -1.27. The summed E-state index contributed by atoms with van der Waals surface area (Å²) < 4.78 is 11.6. The molecule has 0 radical (unpaired) electrons. The van der Waals surface area contributed by atoms with E-state index in [1.807, 2.05) is 0 Å². The lowest BCUT2D eigenvalue weighted by molar-refractivity contribution is -0.123. The zero-order valence-electron chi connectivity index (χ0n) is 18.9. The number of halogens is 1. The smallest absolute Gasteiger partial charge is 0.339 e. The van der Waals surface area contributed by atoms with E-state index in [1.165, 1.54) is 12.1 Å². The van der Waals surface area contributed by atoms with Crippen LogP contribution in [0.15, 0.2) is 65.1 Å². The van der Waals surface area contributed by atoms with Crippen molar-refractivity contribution in [3.05, 3.63) is 82.4 Å². The molecule has 1 aromatic heterocycles. The number of fused-ring (bicyclic) bond motifs is 1. The van der Waals surface area contributed by atoms with E-state index in [0.29, 0.717) is 44.2 Å². The van der Waals surface area contributed by atoms with Gasteiger partial charge in [-0.3, -0.25) is 4.79 Å². The molecule has 37 heavy (non-hydrogen) atoms. The van der Waals surface area contributed by atoms with Crippen LogP contribution in [0.1, 0.15) is 41.8 Å². The van der Waals surface area contributed by atoms with E-state index in [9.17, 15) is 19.8 Å². The summed E-state index contributed by atoms with van der Waals surface area (Å²) in [5.74, 6) is 5.21. The highest BCUT2D eigenvalue weighted by molar-refractivity contribution is 6.30. The predicted molar refractivity (Wildman–Crippen MR) is 141 cm³/mol. The van der Waals surface area contributed by atoms with Gasteiger partial charge in [0.2, 0.25) is 0 Å². The van der Waals surface area contributed by atoms with Crippen molar-refractivity contribution in [2.75, 3.05) is 6.61 Å². The average molecular weight is 518 g/mol. The molecule has 1 saturated carbocycles. The summed E-state index contributed by atoms with van der Waals surface area (Å²) in [5.41, 5.74) is 1.83. The molecule has 188 valence electrons.